The summed E-state index contributed by atoms with van der Waals surface area (Å²) in [6.07, 6.45) is 9.36. The number of benzene rings is 2. The fourth-order valence-corrected chi connectivity index (χ4v) is 11.0. The van der Waals surface area contributed by atoms with E-state index in [4.69, 9.17) is 27.9 Å². The third kappa shape index (κ3) is 11.0. The zero-order chi connectivity index (χ0) is 53.4. The Hall–Kier alpha value is -6.56. The third-order valence-electron chi connectivity index (χ3n) is 13.0. The van der Waals surface area contributed by atoms with E-state index in [1.807, 2.05) is 7.11 Å². The normalized spacial score (nSPS) is 18.7. The number of Topliss-reactive ketones (excluding diaryl/α,β-unsaturated/α-hetero) is 2. The molecule has 391 valence electrons. The zero-order valence-electron chi connectivity index (χ0n) is 41.9. The minimum absolute atomic E-state index is 0. The standard InChI is InChI=1S/C26H31N2O.2C12H11ClN4O4S.Co/c1-26(2)21-11-5-6-12-22(21)27(3)23(26)14-13-19-17-18-9-7-15-28-16-8-10-20(24(18)28)25(19)29-4;2*1-4-7(13)9(18)5(2)10(19)8(4)15-16-12-14-6(3)11(22-12)17(20)21;/h5-6,11-14,17H,7-10,15-16H2,1-4H3;2*1-3H3,(H2,14,16,18,19);/q+1;;;/p-2. The van der Waals surface area contributed by atoms with Crippen LogP contribution in [0.5, 0.6) is 5.75 Å². The molecule has 0 amide bonds. The summed E-state index contributed by atoms with van der Waals surface area (Å²) < 4.78 is 8.31. The van der Waals surface area contributed by atoms with Crippen molar-refractivity contribution in [3.05, 3.63) is 144 Å². The predicted octanol–water partition coefficient (Wildman–Crippen LogP) is 9.32. The van der Waals surface area contributed by atoms with Gasteiger partial charge in [-0.05, 0) is 98.8 Å². The number of nitro groups is 2. The van der Waals surface area contributed by atoms with Crippen molar-refractivity contribution in [2.24, 2.45) is 20.4 Å². The number of carbonyl (C=O) groups is 2. The first kappa shape index (κ1) is 56.7. The van der Waals surface area contributed by atoms with Crippen molar-refractivity contribution < 1.29 is 55.7 Å². The van der Waals surface area contributed by atoms with Crippen LogP contribution in [0.2, 0.25) is 0 Å². The van der Waals surface area contributed by atoms with Crippen LogP contribution in [0.3, 0.4) is 0 Å². The number of allylic oxidation sites excluding steroid dienone is 7. The number of rotatable bonds is 7. The maximum Gasteiger partial charge on any atom is 0.322 e. The topological polar surface area (TPSA) is 254 Å². The van der Waals surface area contributed by atoms with Gasteiger partial charge in [0.15, 0.2) is 5.71 Å². The molecule has 2 aromatic carbocycles. The molecule has 24 heteroatoms. The van der Waals surface area contributed by atoms with Crippen LogP contribution in [0, 0.1) is 34.1 Å². The number of hydrogen-bond donors (Lipinski definition) is 2. The van der Waals surface area contributed by atoms with Crippen LogP contribution in [0.1, 0.15) is 88.0 Å². The Morgan fingerprint density at radius 3 is 1.73 bits per heavy atom. The molecule has 2 N–H and O–H groups in total. The Morgan fingerprint density at radius 2 is 1.27 bits per heavy atom. The average molecular weight is 1130 g/mol. The Labute approximate surface area is 453 Å². The first-order valence-corrected chi connectivity index (χ1v) is 25.2. The molecule has 4 aromatic rings. The number of para-hydroxylation sites is 1. The first-order valence-electron chi connectivity index (χ1n) is 22.8. The van der Waals surface area contributed by atoms with Crippen LogP contribution in [0.15, 0.2) is 101 Å². The third-order valence-corrected chi connectivity index (χ3v) is 15.9. The van der Waals surface area contributed by atoms with E-state index in [9.17, 15) is 40.0 Å². The number of fused-ring (bicyclic) bond motifs is 1. The van der Waals surface area contributed by atoms with E-state index in [-0.39, 0.29) is 108 Å². The number of hydrogen-bond acceptors (Lipinski definition) is 16. The van der Waals surface area contributed by atoms with Gasteiger partial charge in [0, 0.05) is 108 Å². The number of ketones is 2. The number of carbonyl (C=O) groups excluding carboxylic acids is 2. The van der Waals surface area contributed by atoms with Gasteiger partial charge in [-0.1, -0.05) is 64.1 Å². The molecule has 2 aliphatic carbocycles. The molecule has 74 heavy (non-hydrogen) atoms. The van der Waals surface area contributed by atoms with Crippen molar-refractivity contribution in [1.29, 1.82) is 0 Å². The van der Waals surface area contributed by atoms with E-state index in [0.29, 0.717) is 0 Å². The fourth-order valence-electron chi connectivity index (χ4n) is 9.10. The number of methoxy groups -OCH3 is 1. The number of nitrogens with zero attached hydrogens (tertiary/aromatic N) is 10. The second-order valence-electron chi connectivity index (χ2n) is 18.0. The van der Waals surface area contributed by atoms with Gasteiger partial charge in [0.25, 0.3) is 0 Å². The fraction of sp³-hybridized carbons (Fsp3) is 0.340. The van der Waals surface area contributed by atoms with Crippen molar-refractivity contribution in [2.45, 2.75) is 86.5 Å². The number of anilines is 1. The van der Waals surface area contributed by atoms with Gasteiger partial charge in [-0.3, -0.25) is 40.0 Å². The second-order valence-corrected chi connectivity index (χ2v) is 20.6. The summed E-state index contributed by atoms with van der Waals surface area (Å²) in [6.45, 7) is 15.9. The number of aromatic nitrogens is 2. The quantitative estimate of drug-likeness (QED) is 0.0760. The molecule has 0 saturated carbocycles. The monoisotopic (exact) mass is 1130 g/mol. The number of aliphatic hydroxyl groups is 2. The Bertz CT molecular complexity index is 3260. The van der Waals surface area contributed by atoms with Gasteiger partial charge in [0.2, 0.25) is 17.3 Å². The van der Waals surface area contributed by atoms with E-state index in [1.165, 1.54) is 113 Å². The van der Waals surface area contributed by atoms with Gasteiger partial charge in [-0.2, -0.15) is 4.58 Å². The van der Waals surface area contributed by atoms with Crippen molar-refractivity contribution in [3.63, 3.8) is 0 Å². The number of aryl methyl sites for hydroxylation is 3. The molecular weight excluding hydrogens is 1080 g/mol. The van der Waals surface area contributed by atoms with Crippen molar-refractivity contribution in [1.82, 2.24) is 9.97 Å². The van der Waals surface area contributed by atoms with Gasteiger partial charge in [0.1, 0.15) is 35.7 Å². The van der Waals surface area contributed by atoms with Crippen LogP contribution in [0.4, 0.5) is 21.4 Å². The largest absolute Gasteiger partial charge is 0.505 e. The minimum atomic E-state index is -0.554. The van der Waals surface area contributed by atoms with Crippen LogP contribution >= 0.6 is 45.9 Å². The smallest absolute Gasteiger partial charge is 0.322 e. The first-order chi connectivity index (χ1) is 34.5. The van der Waals surface area contributed by atoms with Crippen molar-refractivity contribution in [3.8, 4) is 5.75 Å². The average Bonchev–Trinajstić information content (AvgIpc) is 4.00. The molecule has 1 radical (unpaired) electrons. The van der Waals surface area contributed by atoms with Crippen LogP contribution in [-0.2, 0) is 44.6 Å². The van der Waals surface area contributed by atoms with Crippen LogP contribution in [-0.4, -0.2) is 80.6 Å². The molecule has 19 nitrogen and oxygen atoms in total. The molecule has 2 aromatic heterocycles. The van der Waals surface area contributed by atoms with E-state index in [2.05, 4.69) is 103 Å². The predicted molar refractivity (Wildman–Crippen MR) is 283 cm³/mol. The maximum absolute atomic E-state index is 11.7. The van der Waals surface area contributed by atoms with E-state index in [0.717, 1.165) is 34.8 Å². The Kier molecular flexibility index (Phi) is 17.6. The molecule has 9 rings (SSSR count). The van der Waals surface area contributed by atoms with Crippen molar-refractivity contribution >= 4 is 102 Å². The number of halogens is 2. The van der Waals surface area contributed by atoms with Crippen LogP contribution < -0.4 is 29.2 Å². The minimum Gasteiger partial charge on any atom is -0.505 e. The summed E-state index contributed by atoms with van der Waals surface area (Å²) in [6, 6.07) is 11.1. The molecule has 0 bridgehead atoms. The van der Waals surface area contributed by atoms with E-state index >= 15 is 0 Å². The summed E-state index contributed by atoms with van der Waals surface area (Å²) in [7, 11) is 4.00. The number of ether oxygens (including phenoxy) is 1. The summed E-state index contributed by atoms with van der Waals surface area (Å²) in [4.78, 5) is 54.4. The molecule has 5 aliphatic rings. The zero-order valence-corrected chi connectivity index (χ0v) is 46.1. The summed E-state index contributed by atoms with van der Waals surface area (Å²) in [5.74, 6) is -0.521. The Balaban J connectivity index is 0.000000183. The number of thiazole rings is 2. The van der Waals surface area contributed by atoms with Gasteiger partial charge in [-0.15, -0.1) is 0 Å². The maximum atomic E-state index is 11.7. The summed E-state index contributed by atoms with van der Waals surface area (Å²) in [5, 5.41) is 56.3. The summed E-state index contributed by atoms with van der Waals surface area (Å²) >= 11 is 13.3. The van der Waals surface area contributed by atoms with Gasteiger partial charge in [0.05, 0.1) is 32.4 Å². The van der Waals surface area contributed by atoms with Gasteiger partial charge in [-0.25, -0.2) is 0 Å². The molecule has 0 spiro atoms. The molecule has 0 saturated heterocycles. The van der Waals surface area contributed by atoms with E-state index in [1.54, 1.807) is 0 Å². The Morgan fingerprint density at radius 1 is 0.784 bits per heavy atom. The SMILES string of the molecule is CC1=C(O)C(=NN=c2[n-]c(C)c([N+](=O)[O-])s2)C(C)=C(Cl)C1=O.CC1=C(O)C(=NN=c2[n-]c(C)c([N+](=O)[O-])s2)C(C)=C(Cl)C1=O.COc1c(/C=C/C2=[N+](C)c3ccccc3C2(C)C)cc2c3c1CCCN3CCC2.[Co]. The molecular formula is C50H51Cl2CoN10O9S2-. The van der Waals surface area contributed by atoms with Gasteiger partial charge >= 0.3 is 10.0 Å². The molecule has 5 heterocycles. The molecule has 0 atom stereocenters. The molecule has 0 unspecified atom stereocenters. The molecule has 3 aliphatic heterocycles. The van der Waals surface area contributed by atoms with Crippen LogP contribution in [0.25, 0.3) is 6.08 Å². The van der Waals surface area contributed by atoms with E-state index < -0.39 is 21.4 Å². The van der Waals surface area contributed by atoms with Gasteiger partial charge < -0.3 is 40.0 Å². The number of aliphatic hydroxyl groups excluding tert-OH is 2. The second kappa shape index (κ2) is 22.9. The van der Waals surface area contributed by atoms with Crippen molar-refractivity contribution in [2.75, 3.05) is 32.1 Å². The summed E-state index contributed by atoms with van der Waals surface area (Å²) in [5.41, 5.74) is 10.8. The molecule has 0 fully saturated rings.